The summed E-state index contributed by atoms with van der Waals surface area (Å²) in [5.74, 6) is 5.44. The molecule has 2 nitrogen and oxygen atoms in total. The Kier molecular flexibility index (Phi) is 2.81. The quantitative estimate of drug-likeness (QED) is 0.452. The predicted molar refractivity (Wildman–Crippen MR) is 64.2 cm³/mol. The van der Waals surface area contributed by atoms with Crippen LogP contribution in [-0.4, -0.2) is 0 Å². The van der Waals surface area contributed by atoms with Crippen LogP contribution in [0.25, 0.3) is 10.8 Å². The highest BCUT2D eigenvalue weighted by molar-refractivity contribution is 5.83. The van der Waals surface area contributed by atoms with E-state index in [1.165, 1.54) is 10.8 Å². The van der Waals surface area contributed by atoms with Crippen molar-refractivity contribution in [1.29, 1.82) is 0 Å². The van der Waals surface area contributed by atoms with E-state index in [2.05, 4.69) is 42.3 Å². The molecule has 0 heterocycles. The number of nitrogens with one attached hydrogen (secondary N) is 1. The van der Waals surface area contributed by atoms with Crippen LogP contribution in [0.15, 0.2) is 55.1 Å². The van der Waals surface area contributed by atoms with Gasteiger partial charge in [0, 0.05) is 0 Å². The van der Waals surface area contributed by atoms with Crippen LogP contribution in [0.5, 0.6) is 0 Å². The standard InChI is InChI=1S/C13H14N2/c1-2-13(15-14)12-8-7-10-5-3-4-6-11(10)9-12/h2-9,13,15H,1,14H2. The molecule has 0 aliphatic heterocycles. The Morgan fingerprint density at radius 2 is 1.87 bits per heavy atom. The van der Waals surface area contributed by atoms with E-state index < -0.39 is 0 Å². The van der Waals surface area contributed by atoms with Gasteiger partial charge in [0.2, 0.25) is 0 Å². The third kappa shape index (κ3) is 1.91. The summed E-state index contributed by atoms with van der Waals surface area (Å²) in [6.07, 6.45) is 1.80. The monoisotopic (exact) mass is 198 g/mol. The number of nitrogens with two attached hydrogens (primary N) is 1. The maximum absolute atomic E-state index is 5.44. The third-order valence-electron chi connectivity index (χ3n) is 2.55. The summed E-state index contributed by atoms with van der Waals surface area (Å²) >= 11 is 0. The topological polar surface area (TPSA) is 38.0 Å². The molecule has 1 atom stereocenters. The SMILES string of the molecule is C=CC(NN)c1ccc2ccccc2c1. The van der Waals surface area contributed by atoms with Crippen LogP contribution in [-0.2, 0) is 0 Å². The van der Waals surface area contributed by atoms with E-state index in [0.717, 1.165) is 5.56 Å². The van der Waals surface area contributed by atoms with Gasteiger partial charge >= 0.3 is 0 Å². The average Bonchev–Trinajstić information content (AvgIpc) is 2.30. The largest absolute Gasteiger partial charge is 0.271 e. The van der Waals surface area contributed by atoms with Gasteiger partial charge in [-0.2, -0.15) is 0 Å². The first-order chi connectivity index (χ1) is 7.35. The molecular formula is C13H14N2. The molecule has 2 aromatic carbocycles. The van der Waals surface area contributed by atoms with Gasteiger partial charge in [0.05, 0.1) is 6.04 Å². The summed E-state index contributed by atoms with van der Waals surface area (Å²) in [6.45, 7) is 3.75. The van der Waals surface area contributed by atoms with Crippen LogP contribution < -0.4 is 11.3 Å². The van der Waals surface area contributed by atoms with Crippen molar-refractivity contribution in [1.82, 2.24) is 5.43 Å². The fourth-order valence-corrected chi connectivity index (χ4v) is 1.70. The van der Waals surface area contributed by atoms with Gasteiger partial charge in [0.1, 0.15) is 0 Å². The average molecular weight is 198 g/mol. The number of fused-ring (bicyclic) bond motifs is 1. The van der Waals surface area contributed by atoms with Gasteiger partial charge in [-0.1, -0.05) is 42.5 Å². The van der Waals surface area contributed by atoms with E-state index in [-0.39, 0.29) is 6.04 Å². The maximum Gasteiger partial charge on any atom is 0.0638 e. The van der Waals surface area contributed by atoms with Crippen LogP contribution in [0.4, 0.5) is 0 Å². The molecule has 0 saturated heterocycles. The Hall–Kier alpha value is -1.64. The second-order valence-electron chi connectivity index (χ2n) is 3.49. The second kappa shape index (κ2) is 4.26. The zero-order chi connectivity index (χ0) is 10.7. The molecule has 0 saturated carbocycles. The molecule has 0 bridgehead atoms. The highest BCUT2D eigenvalue weighted by Crippen LogP contribution is 2.20. The summed E-state index contributed by atoms with van der Waals surface area (Å²) in [7, 11) is 0. The summed E-state index contributed by atoms with van der Waals surface area (Å²) in [5.41, 5.74) is 3.85. The lowest BCUT2D eigenvalue weighted by Crippen LogP contribution is -2.26. The first-order valence-electron chi connectivity index (χ1n) is 4.92. The van der Waals surface area contributed by atoms with E-state index in [4.69, 9.17) is 5.84 Å². The highest BCUT2D eigenvalue weighted by Gasteiger charge is 2.04. The van der Waals surface area contributed by atoms with E-state index in [9.17, 15) is 0 Å². The first kappa shape index (κ1) is 9.90. The van der Waals surface area contributed by atoms with E-state index in [1.54, 1.807) is 6.08 Å². The van der Waals surface area contributed by atoms with Crippen LogP contribution >= 0.6 is 0 Å². The van der Waals surface area contributed by atoms with Gasteiger partial charge in [-0.25, -0.2) is 5.43 Å². The molecule has 0 aromatic heterocycles. The van der Waals surface area contributed by atoms with E-state index in [1.807, 2.05) is 12.1 Å². The molecule has 2 heteroatoms. The predicted octanol–water partition coefficient (Wildman–Crippen LogP) is 2.53. The Labute approximate surface area is 89.4 Å². The molecule has 0 radical (unpaired) electrons. The summed E-state index contributed by atoms with van der Waals surface area (Å²) in [4.78, 5) is 0. The van der Waals surface area contributed by atoms with Gasteiger partial charge in [0.15, 0.2) is 0 Å². The van der Waals surface area contributed by atoms with Gasteiger partial charge in [-0.15, -0.1) is 6.58 Å². The smallest absolute Gasteiger partial charge is 0.0638 e. The molecular weight excluding hydrogens is 184 g/mol. The van der Waals surface area contributed by atoms with Crippen molar-refractivity contribution in [3.05, 3.63) is 60.7 Å². The summed E-state index contributed by atoms with van der Waals surface area (Å²) in [6, 6.07) is 14.6. The zero-order valence-electron chi connectivity index (χ0n) is 8.48. The first-order valence-corrected chi connectivity index (χ1v) is 4.92. The molecule has 0 spiro atoms. The van der Waals surface area contributed by atoms with Crippen molar-refractivity contribution < 1.29 is 0 Å². The van der Waals surface area contributed by atoms with Crippen molar-refractivity contribution in [3.8, 4) is 0 Å². The van der Waals surface area contributed by atoms with Crippen molar-refractivity contribution in [2.45, 2.75) is 6.04 Å². The number of hydrogen-bond acceptors (Lipinski definition) is 2. The van der Waals surface area contributed by atoms with Gasteiger partial charge in [-0.05, 0) is 22.4 Å². The van der Waals surface area contributed by atoms with Crippen LogP contribution in [0.1, 0.15) is 11.6 Å². The fourth-order valence-electron chi connectivity index (χ4n) is 1.70. The number of rotatable bonds is 3. The Morgan fingerprint density at radius 1 is 1.13 bits per heavy atom. The fraction of sp³-hybridized carbons (Fsp3) is 0.0769. The zero-order valence-corrected chi connectivity index (χ0v) is 8.48. The highest BCUT2D eigenvalue weighted by atomic mass is 15.2. The Balaban J connectivity index is 2.50. The number of hydrogen-bond donors (Lipinski definition) is 2. The second-order valence-corrected chi connectivity index (χ2v) is 3.49. The molecule has 1 unspecified atom stereocenters. The van der Waals surface area contributed by atoms with Gasteiger partial charge < -0.3 is 0 Å². The molecule has 2 rings (SSSR count). The van der Waals surface area contributed by atoms with Gasteiger partial charge in [0.25, 0.3) is 0 Å². The molecule has 0 aliphatic carbocycles. The molecule has 0 aliphatic rings. The van der Waals surface area contributed by atoms with Gasteiger partial charge in [-0.3, -0.25) is 5.84 Å². The van der Waals surface area contributed by atoms with Crippen molar-refractivity contribution in [2.24, 2.45) is 5.84 Å². The number of benzene rings is 2. The molecule has 15 heavy (non-hydrogen) atoms. The normalized spacial score (nSPS) is 12.6. The minimum atomic E-state index is 0.00889. The lowest BCUT2D eigenvalue weighted by atomic mass is 10.0. The summed E-state index contributed by atoms with van der Waals surface area (Å²) in [5, 5.41) is 2.46. The number of hydrazine groups is 1. The third-order valence-corrected chi connectivity index (χ3v) is 2.55. The maximum atomic E-state index is 5.44. The Bertz CT molecular complexity index is 477. The molecule has 76 valence electrons. The van der Waals surface area contributed by atoms with Crippen molar-refractivity contribution >= 4 is 10.8 Å². The summed E-state index contributed by atoms with van der Waals surface area (Å²) < 4.78 is 0. The lowest BCUT2D eigenvalue weighted by molar-refractivity contribution is 0.657. The van der Waals surface area contributed by atoms with E-state index in [0.29, 0.717) is 0 Å². The van der Waals surface area contributed by atoms with Crippen molar-refractivity contribution in [2.75, 3.05) is 0 Å². The lowest BCUT2D eigenvalue weighted by Gasteiger charge is -2.11. The minimum absolute atomic E-state index is 0.00889. The minimum Gasteiger partial charge on any atom is -0.271 e. The van der Waals surface area contributed by atoms with Crippen molar-refractivity contribution in [3.63, 3.8) is 0 Å². The van der Waals surface area contributed by atoms with Crippen LogP contribution in [0, 0.1) is 0 Å². The molecule has 0 fully saturated rings. The van der Waals surface area contributed by atoms with Crippen LogP contribution in [0.2, 0.25) is 0 Å². The van der Waals surface area contributed by atoms with Crippen LogP contribution in [0.3, 0.4) is 0 Å². The molecule has 3 N–H and O–H groups in total. The molecule has 2 aromatic rings. The Morgan fingerprint density at radius 3 is 2.53 bits per heavy atom. The van der Waals surface area contributed by atoms with E-state index >= 15 is 0 Å². The molecule has 0 amide bonds.